The fourth-order valence-electron chi connectivity index (χ4n) is 2.25. The molecule has 0 N–H and O–H groups in total. The van der Waals surface area contributed by atoms with Crippen LogP contribution in [-0.4, -0.2) is 35.6 Å². The molecule has 5 heteroatoms. The normalized spacial score (nSPS) is 11.1. The van der Waals surface area contributed by atoms with Crippen LogP contribution < -0.4 is 4.74 Å². The Balaban J connectivity index is 2.52. The molecule has 1 amide bonds. The molecule has 1 rings (SSSR count). The van der Waals surface area contributed by atoms with Crippen molar-refractivity contribution in [3.63, 3.8) is 0 Å². The summed E-state index contributed by atoms with van der Waals surface area (Å²) in [5, 5.41) is 0. The first-order valence-electron chi connectivity index (χ1n) is 8.82. The smallest absolute Gasteiger partial charge is 0.316 e. The predicted octanol–water partition coefficient (Wildman–Crippen LogP) is 3.86. The van der Waals surface area contributed by atoms with Crippen molar-refractivity contribution >= 4 is 17.7 Å². The zero-order valence-electron chi connectivity index (χ0n) is 15.9. The highest BCUT2D eigenvalue weighted by atomic mass is 16.5. The minimum absolute atomic E-state index is 0.0129. The molecule has 0 aliphatic heterocycles. The van der Waals surface area contributed by atoms with Crippen molar-refractivity contribution in [1.82, 2.24) is 4.90 Å². The lowest BCUT2D eigenvalue weighted by Crippen LogP contribution is -2.30. The van der Waals surface area contributed by atoms with Gasteiger partial charge in [-0.15, -0.1) is 0 Å². The molecule has 1 aromatic rings. The maximum atomic E-state index is 12.2. The van der Waals surface area contributed by atoms with Gasteiger partial charge in [-0.1, -0.05) is 0 Å². The Kier molecular flexibility index (Phi) is 7.81. The summed E-state index contributed by atoms with van der Waals surface area (Å²) in [7, 11) is 0. The lowest BCUT2D eigenvalue weighted by molar-refractivity contribution is -0.143. The Morgan fingerprint density at radius 1 is 0.960 bits per heavy atom. The van der Waals surface area contributed by atoms with E-state index < -0.39 is 5.41 Å². The van der Waals surface area contributed by atoms with Crippen LogP contribution >= 0.6 is 0 Å². The van der Waals surface area contributed by atoms with Crippen LogP contribution in [0.5, 0.6) is 5.75 Å². The third-order valence-electron chi connectivity index (χ3n) is 3.91. The summed E-state index contributed by atoms with van der Waals surface area (Å²) in [5.74, 6) is 0.179. The van der Waals surface area contributed by atoms with Crippen LogP contribution in [0.3, 0.4) is 0 Å². The van der Waals surface area contributed by atoms with Crippen molar-refractivity contribution in [3.05, 3.63) is 29.8 Å². The molecular weight excluding hydrogens is 318 g/mol. The SMILES string of the molecule is CCN(CC)C(=O)CCCC(=O)c1ccc(OC(=O)C(C)(C)C)cc1. The van der Waals surface area contributed by atoms with Crippen LogP contribution in [0, 0.1) is 5.41 Å². The van der Waals surface area contributed by atoms with E-state index in [2.05, 4.69) is 0 Å². The first-order chi connectivity index (χ1) is 11.7. The molecule has 0 radical (unpaired) electrons. The van der Waals surface area contributed by atoms with Gasteiger partial charge in [-0.25, -0.2) is 0 Å². The van der Waals surface area contributed by atoms with Crippen LogP contribution in [0.4, 0.5) is 0 Å². The molecule has 0 aliphatic carbocycles. The van der Waals surface area contributed by atoms with Crippen LogP contribution in [0.1, 0.15) is 64.2 Å². The maximum Gasteiger partial charge on any atom is 0.316 e. The van der Waals surface area contributed by atoms with Crippen LogP contribution in [0.2, 0.25) is 0 Å². The number of hydrogen-bond acceptors (Lipinski definition) is 4. The number of Topliss-reactive ketones (excluding diaryl/α,β-unsaturated/α-hetero) is 1. The molecular formula is C20H29NO4. The highest BCUT2D eigenvalue weighted by Crippen LogP contribution is 2.20. The monoisotopic (exact) mass is 347 g/mol. The van der Waals surface area contributed by atoms with E-state index >= 15 is 0 Å². The first kappa shape index (κ1) is 20.9. The van der Waals surface area contributed by atoms with Crippen LogP contribution in [0.25, 0.3) is 0 Å². The lowest BCUT2D eigenvalue weighted by atomic mass is 9.97. The van der Waals surface area contributed by atoms with Gasteiger partial charge in [0.25, 0.3) is 0 Å². The van der Waals surface area contributed by atoms with Gasteiger partial charge in [-0.3, -0.25) is 14.4 Å². The van der Waals surface area contributed by atoms with E-state index in [0.717, 1.165) is 0 Å². The average molecular weight is 347 g/mol. The fraction of sp³-hybridized carbons (Fsp3) is 0.550. The van der Waals surface area contributed by atoms with Crippen molar-refractivity contribution in [2.45, 2.75) is 53.9 Å². The van der Waals surface area contributed by atoms with Crippen molar-refractivity contribution in [2.24, 2.45) is 5.41 Å². The summed E-state index contributed by atoms with van der Waals surface area (Å²) in [4.78, 5) is 37.7. The summed E-state index contributed by atoms with van der Waals surface area (Å²) in [5.41, 5.74) is -0.0165. The second-order valence-corrected chi connectivity index (χ2v) is 7.01. The number of ketones is 1. The molecule has 0 aliphatic rings. The number of carbonyl (C=O) groups excluding carboxylic acids is 3. The van der Waals surface area contributed by atoms with E-state index in [1.165, 1.54) is 0 Å². The van der Waals surface area contributed by atoms with E-state index in [4.69, 9.17) is 4.74 Å². The van der Waals surface area contributed by atoms with Gasteiger partial charge < -0.3 is 9.64 Å². The molecule has 0 unspecified atom stereocenters. The number of nitrogens with zero attached hydrogens (tertiary/aromatic N) is 1. The van der Waals surface area contributed by atoms with Gasteiger partial charge in [0.05, 0.1) is 5.41 Å². The zero-order chi connectivity index (χ0) is 19.0. The van der Waals surface area contributed by atoms with Gasteiger partial charge >= 0.3 is 5.97 Å². The van der Waals surface area contributed by atoms with E-state index in [-0.39, 0.29) is 17.7 Å². The Labute approximate surface area is 150 Å². The van der Waals surface area contributed by atoms with Crippen molar-refractivity contribution in [1.29, 1.82) is 0 Å². The molecule has 0 spiro atoms. The molecule has 0 atom stereocenters. The number of benzene rings is 1. The molecule has 0 heterocycles. The second-order valence-electron chi connectivity index (χ2n) is 7.01. The number of amides is 1. The van der Waals surface area contributed by atoms with Gasteiger partial charge in [-0.2, -0.15) is 0 Å². The summed E-state index contributed by atoms with van der Waals surface area (Å²) in [6.07, 6.45) is 1.25. The third-order valence-corrected chi connectivity index (χ3v) is 3.91. The molecule has 25 heavy (non-hydrogen) atoms. The van der Waals surface area contributed by atoms with Crippen molar-refractivity contribution < 1.29 is 19.1 Å². The number of carbonyl (C=O) groups is 3. The minimum atomic E-state index is -0.577. The van der Waals surface area contributed by atoms with Gasteiger partial charge in [0.15, 0.2) is 5.78 Å². The first-order valence-corrected chi connectivity index (χ1v) is 8.82. The molecule has 5 nitrogen and oxygen atoms in total. The standard InChI is InChI=1S/C20H29NO4/c1-6-21(7-2)18(23)10-8-9-17(22)15-11-13-16(14-12-15)25-19(24)20(3,4)5/h11-14H,6-10H2,1-5H3. The van der Waals surface area contributed by atoms with E-state index in [1.54, 1.807) is 49.9 Å². The number of hydrogen-bond donors (Lipinski definition) is 0. The molecule has 0 saturated heterocycles. The van der Waals surface area contributed by atoms with Crippen molar-refractivity contribution in [2.75, 3.05) is 13.1 Å². The zero-order valence-corrected chi connectivity index (χ0v) is 15.9. The summed E-state index contributed by atoms with van der Waals surface area (Å²) < 4.78 is 5.28. The fourth-order valence-corrected chi connectivity index (χ4v) is 2.25. The maximum absolute atomic E-state index is 12.2. The molecule has 0 bridgehead atoms. The third kappa shape index (κ3) is 6.69. The van der Waals surface area contributed by atoms with E-state index in [0.29, 0.717) is 43.7 Å². The Morgan fingerprint density at radius 3 is 2.00 bits per heavy atom. The Bertz CT molecular complexity index is 595. The van der Waals surface area contributed by atoms with Gasteiger partial charge in [-0.05, 0) is 65.3 Å². The quantitative estimate of drug-likeness (QED) is 0.407. The minimum Gasteiger partial charge on any atom is -0.426 e. The van der Waals surface area contributed by atoms with Crippen molar-refractivity contribution in [3.8, 4) is 5.75 Å². The molecule has 138 valence electrons. The predicted molar refractivity (Wildman–Crippen MR) is 97.6 cm³/mol. The molecule has 0 aromatic heterocycles. The molecule has 1 aromatic carbocycles. The van der Waals surface area contributed by atoms with E-state index in [9.17, 15) is 14.4 Å². The Hall–Kier alpha value is -2.17. The molecule has 0 fully saturated rings. The van der Waals surface area contributed by atoms with Crippen LogP contribution in [0.15, 0.2) is 24.3 Å². The largest absolute Gasteiger partial charge is 0.426 e. The summed E-state index contributed by atoms with van der Waals surface area (Å²) in [6, 6.07) is 6.55. The topological polar surface area (TPSA) is 63.7 Å². The number of esters is 1. The lowest BCUT2D eigenvalue weighted by Gasteiger charge is -2.18. The number of ether oxygens (including phenoxy) is 1. The highest BCUT2D eigenvalue weighted by molar-refractivity contribution is 5.96. The summed E-state index contributed by atoms with van der Waals surface area (Å²) >= 11 is 0. The molecule has 0 saturated carbocycles. The highest BCUT2D eigenvalue weighted by Gasteiger charge is 2.23. The van der Waals surface area contributed by atoms with Gasteiger partial charge in [0.1, 0.15) is 5.75 Å². The van der Waals surface area contributed by atoms with Crippen LogP contribution in [-0.2, 0) is 9.59 Å². The van der Waals surface area contributed by atoms with Gasteiger partial charge in [0, 0.05) is 31.5 Å². The Morgan fingerprint density at radius 2 is 1.52 bits per heavy atom. The average Bonchev–Trinajstić information content (AvgIpc) is 2.55. The summed E-state index contributed by atoms with van der Waals surface area (Å²) in [6.45, 7) is 10.6. The number of rotatable bonds is 8. The van der Waals surface area contributed by atoms with Gasteiger partial charge in [0.2, 0.25) is 5.91 Å². The second kappa shape index (κ2) is 9.35. The van der Waals surface area contributed by atoms with E-state index in [1.807, 2.05) is 13.8 Å².